The molecule has 20 heavy (non-hydrogen) atoms. The number of hydrogen-bond acceptors (Lipinski definition) is 2. The van der Waals surface area contributed by atoms with E-state index in [1.54, 1.807) is 31.3 Å². The predicted octanol–water partition coefficient (Wildman–Crippen LogP) is 3.63. The van der Waals surface area contributed by atoms with Crippen LogP contribution in [0, 0.1) is 17.1 Å². The van der Waals surface area contributed by atoms with Gasteiger partial charge in [0.15, 0.2) is 0 Å². The summed E-state index contributed by atoms with van der Waals surface area (Å²) in [5, 5.41) is 8.70. The number of carbonyl (C=O) groups excluding carboxylic acids is 1. The number of carbonyl (C=O) groups is 1. The number of rotatable bonds is 2. The Labute approximate surface area is 120 Å². The molecule has 0 heterocycles. The molecule has 2 aromatic rings. The third kappa shape index (κ3) is 2.79. The van der Waals surface area contributed by atoms with Crippen molar-refractivity contribution in [1.82, 2.24) is 0 Å². The molecule has 3 nitrogen and oxygen atoms in total. The highest BCUT2D eigenvalue weighted by atomic mass is 35.5. The first-order chi connectivity index (χ1) is 9.52. The Balaban J connectivity index is 2.27. The molecule has 0 spiro atoms. The van der Waals surface area contributed by atoms with E-state index < -0.39 is 5.82 Å². The topological polar surface area (TPSA) is 44.1 Å². The summed E-state index contributed by atoms with van der Waals surface area (Å²) in [5.74, 6) is -0.990. The van der Waals surface area contributed by atoms with Crippen LogP contribution < -0.4 is 4.90 Å². The molecule has 0 bridgehead atoms. The summed E-state index contributed by atoms with van der Waals surface area (Å²) in [6.07, 6.45) is 0. The number of anilines is 1. The first-order valence-corrected chi connectivity index (χ1v) is 6.14. The van der Waals surface area contributed by atoms with Gasteiger partial charge in [0.1, 0.15) is 5.82 Å². The Kier molecular flexibility index (Phi) is 4.02. The van der Waals surface area contributed by atoms with E-state index >= 15 is 0 Å². The Morgan fingerprint density at radius 1 is 1.25 bits per heavy atom. The zero-order valence-electron chi connectivity index (χ0n) is 10.6. The number of halogens is 2. The molecule has 0 aliphatic heterocycles. The SMILES string of the molecule is CN(C(=O)c1ccc(Cl)c(F)c1)c1ccc(C#N)cc1. The summed E-state index contributed by atoms with van der Waals surface area (Å²) in [6.45, 7) is 0. The second-order valence-electron chi connectivity index (χ2n) is 4.15. The van der Waals surface area contributed by atoms with Gasteiger partial charge in [-0.05, 0) is 42.5 Å². The van der Waals surface area contributed by atoms with Gasteiger partial charge in [-0.3, -0.25) is 4.79 Å². The smallest absolute Gasteiger partial charge is 0.258 e. The molecular formula is C15H10ClFN2O. The van der Waals surface area contributed by atoms with E-state index in [0.717, 1.165) is 6.07 Å². The maximum atomic E-state index is 13.4. The molecule has 2 rings (SSSR count). The van der Waals surface area contributed by atoms with Crippen LogP contribution in [0.4, 0.5) is 10.1 Å². The van der Waals surface area contributed by atoms with E-state index in [0.29, 0.717) is 11.3 Å². The van der Waals surface area contributed by atoms with Crippen LogP contribution >= 0.6 is 11.6 Å². The fraction of sp³-hybridized carbons (Fsp3) is 0.0667. The summed E-state index contributed by atoms with van der Waals surface area (Å²) in [6, 6.07) is 12.4. The number of benzene rings is 2. The van der Waals surface area contributed by atoms with E-state index in [4.69, 9.17) is 16.9 Å². The second-order valence-corrected chi connectivity index (χ2v) is 4.56. The van der Waals surface area contributed by atoms with Crippen LogP contribution in [-0.4, -0.2) is 13.0 Å². The molecule has 0 fully saturated rings. The second kappa shape index (κ2) is 5.72. The third-order valence-electron chi connectivity index (χ3n) is 2.85. The van der Waals surface area contributed by atoms with Gasteiger partial charge in [0.25, 0.3) is 5.91 Å². The summed E-state index contributed by atoms with van der Waals surface area (Å²) >= 11 is 5.58. The van der Waals surface area contributed by atoms with Gasteiger partial charge >= 0.3 is 0 Å². The van der Waals surface area contributed by atoms with Crippen LogP contribution in [-0.2, 0) is 0 Å². The summed E-state index contributed by atoms with van der Waals surface area (Å²) < 4.78 is 13.4. The average Bonchev–Trinajstić information content (AvgIpc) is 2.48. The molecular weight excluding hydrogens is 279 g/mol. The van der Waals surface area contributed by atoms with Crippen LogP contribution in [0.3, 0.4) is 0 Å². The Hall–Kier alpha value is -2.38. The maximum Gasteiger partial charge on any atom is 0.258 e. The van der Waals surface area contributed by atoms with Crippen molar-refractivity contribution < 1.29 is 9.18 Å². The molecule has 0 saturated heterocycles. The maximum absolute atomic E-state index is 13.4. The van der Waals surface area contributed by atoms with Gasteiger partial charge in [-0.1, -0.05) is 11.6 Å². The van der Waals surface area contributed by atoms with Crippen molar-refractivity contribution in [2.45, 2.75) is 0 Å². The Morgan fingerprint density at radius 2 is 1.90 bits per heavy atom. The zero-order chi connectivity index (χ0) is 14.7. The molecule has 5 heteroatoms. The highest BCUT2D eigenvalue weighted by molar-refractivity contribution is 6.30. The summed E-state index contributed by atoms with van der Waals surface area (Å²) in [5.41, 5.74) is 1.33. The predicted molar refractivity (Wildman–Crippen MR) is 75.3 cm³/mol. The highest BCUT2D eigenvalue weighted by Gasteiger charge is 2.15. The fourth-order valence-corrected chi connectivity index (χ4v) is 1.82. The van der Waals surface area contributed by atoms with Crippen LogP contribution in [0.2, 0.25) is 5.02 Å². The number of hydrogen-bond donors (Lipinski definition) is 0. The van der Waals surface area contributed by atoms with E-state index in [2.05, 4.69) is 0 Å². The van der Waals surface area contributed by atoms with E-state index in [1.807, 2.05) is 6.07 Å². The van der Waals surface area contributed by atoms with Crippen molar-refractivity contribution in [3.63, 3.8) is 0 Å². The van der Waals surface area contributed by atoms with Crippen LogP contribution in [0.1, 0.15) is 15.9 Å². The highest BCUT2D eigenvalue weighted by Crippen LogP contribution is 2.19. The molecule has 0 aliphatic carbocycles. The number of nitrogens with zero attached hydrogens (tertiary/aromatic N) is 2. The van der Waals surface area contributed by atoms with Gasteiger partial charge in [-0.15, -0.1) is 0 Å². The minimum absolute atomic E-state index is 0.0254. The molecule has 0 unspecified atom stereocenters. The molecule has 1 amide bonds. The lowest BCUT2D eigenvalue weighted by molar-refractivity contribution is 0.0992. The van der Waals surface area contributed by atoms with E-state index in [9.17, 15) is 9.18 Å². The standard InChI is InChI=1S/C15H10ClFN2O/c1-19(12-5-2-10(9-18)3-6-12)15(20)11-4-7-13(16)14(17)8-11/h2-8H,1H3. The van der Waals surface area contributed by atoms with Crippen molar-refractivity contribution in [3.05, 3.63) is 64.4 Å². The molecule has 0 aliphatic rings. The first-order valence-electron chi connectivity index (χ1n) is 5.76. The van der Waals surface area contributed by atoms with Crippen LogP contribution in [0.5, 0.6) is 0 Å². The molecule has 2 aromatic carbocycles. The van der Waals surface area contributed by atoms with E-state index in [-0.39, 0.29) is 16.5 Å². The molecule has 0 radical (unpaired) electrons. The van der Waals surface area contributed by atoms with E-state index in [1.165, 1.54) is 17.0 Å². The molecule has 0 N–H and O–H groups in total. The van der Waals surface area contributed by atoms with Crippen molar-refractivity contribution in [1.29, 1.82) is 5.26 Å². The van der Waals surface area contributed by atoms with Crippen molar-refractivity contribution in [2.75, 3.05) is 11.9 Å². The number of amides is 1. The summed E-state index contributed by atoms with van der Waals surface area (Å²) in [4.78, 5) is 13.6. The third-order valence-corrected chi connectivity index (χ3v) is 3.16. The largest absolute Gasteiger partial charge is 0.311 e. The quantitative estimate of drug-likeness (QED) is 0.847. The van der Waals surface area contributed by atoms with Crippen LogP contribution in [0.25, 0.3) is 0 Å². The lowest BCUT2D eigenvalue weighted by atomic mass is 10.1. The van der Waals surface area contributed by atoms with Gasteiger partial charge in [0.05, 0.1) is 16.7 Å². The fourth-order valence-electron chi connectivity index (χ4n) is 1.70. The van der Waals surface area contributed by atoms with Gasteiger partial charge in [0.2, 0.25) is 0 Å². The molecule has 0 atom stereocenters. The first kappa shape index (κ1) is 14.0. The number of nitriles is 1. The molecule has 0 saturated carbocycles. The lowest BCUT2D eigenvalue weighted by Crippen LogP contribution is -2.26. The average molecular weight is 289 g/mol. The van der Waals surface area contributed by atoms with Crippen molar-refractivity contribution in [2.24, 2.45) is 0 Å². The Morgan fingerprint density at radius 3 is 2.45 bits per heavy atom. The Bertz CT molecular complexity index is 692. The minimum atomic E-state index is -0.634. The van der Waals surface area contributed by atoms with Gasteiger partial charge in [0, 0.05) is 18.3 Å². The molecule has 0 aromatic heterocycles. The normalized spacial score (nSPS) is 9.90. The summed E-state index contributed by atoms with van der Waals surface area (Å²) in [7, 11) is 1.58. The zero-order valence-corrected chi connectivity index (χ0v) is 11.4. The van der Waals surface area contributed by atoms with Gasteiger partial charge in [-0.25, -0.2) is 4.39 Å². The van der Waals surface area contributed by atoms with Crippen LogP contribution in [0.15, 0.2) is 42.5 Å². The van der Waals surface area contributed by atoms with Crippen molar-refractivity contribution in [3.8, 4) is 6.07 Å². The van der Waals surface area contributed by atoms with Gasteiger partial charge in [-0.2, -0.15) is 5.26 Å². The monoisotopic (exact) mass is 288 g/mol. The van der Waals surface area contributed by atoms with Gasteiger partial charge < -0.3 is 4.90 Å². The lowest BCUT2D eigenvalue weighted by Gasteiger charge is -2.17. The molecule has 100 valence electrons. The van der Waals surface area contributed by atoms with Crippen molar-refractivity contribution >= 4 is 23.2 Å². The minimum Gasteiger partial charge on any atom is -0.311 e.